The molecule has 1 atom stereocenters. The first-order valence-electron chi connectivity index (χ1n) is 8.82. The Bertz CT molecular complexity index is 791. The second-order valence-electron chi connectivity index (χ2n) is 7.63. The largest absolute Gasteiger partial charge is 0.477 e. The lowest BCUT2D eigenvalue weighted by molar-refractivity contribution is -0.0181. The van der Waals surface area contributed by atoms with Crippen LogP contribution >= 0.6 is 0 Å². The normalized spacial score (nSPS) is 14.3. The number of methoxy groups -OCH3 is 1. The van der Waals surface area contributed by atoms with Crippen molar-refractivity contribution in [3.05, 3.63) is 77.9 Å². The van der Waals surface area contributed by atoms with Crippen molar-refractivity contribution in [2.75, 3.05) is 14.2 Å². The molecule has 27 heavy (non-hydrogen) atoms. The minimum Gasteiger partial charge on any atom is -0.477 e. The summed E-state index contributed by atoms with van der Waals surface area (Å²) in [5.74, 6) is -0.488. The molecule has 0 radical (unpaired) electrons. The number of para-hydroxylation sites is 1. The van der Waals surface area contributed by atoms with Crippen molar-refractivity contribution in [1.29, 1.82) is 0 Å². The van der Waals surface area contributed by atoms with Crippen molar-refractivity contribution < 1.29 is 19.4 Å². The molecule has 0 saturated heterocycles. The molecule has 2 rings (SSSR count). The number of aliphatic hydroxyl groups excluding tert-OH is 1. The minimum absolute atomic E-state index is 0.125. The average Bonchev–Trinajstić information content (AvgIpc) is 2.60. The smallest absolute Gasteiger partial charge is 0.337 e. The summed E-state index contributed by atoms with van der Waals surface area (Å²) >= 11 is 0. The van der Waals surface area contributed by atoms with Gasteiger partial charge < -0.3 is 14.6 Å². The standard InChI is InChI=1S/C22H27NO4/c1-22(2,3)27-20(24)16-23(4,19-9-7-6-8-10-19)15-17-11-13-18(14-12-17)21(25)26-5/h6-14,16H,15H2,1-5H3/p+1/b20-16+. The van der Waals surface area contributed by atoms with Gasteiger partial charge in [0.2, 0.25) is 0 Å². The van der Waals surface area contributed by atoms with E-state index in [-0.39, 0.29) is 11.9 Å². The summed E-state index contributed by atoms with van der Waals surface area (Å²) in [7, 11) is 3.36. The Morgan fingerprint density at radius 3 is 2.19 bits per heavy atom. The van der Waals surface area contributed by atoms with E-state index in [0.29, 0.717) is 16.6 Å². The summed E-state index contributed by atoms with van der Waals surface area (Å²) in [4.78, 5) is 11.6. The third kappa shape index (κ3) is 5.86. The first-order chi connectivity index (χ1) is 12.6. The van der Waals surface area contributed by atoms with Crippen LogP contribution in [0.5, 0.6) is 0 Å². The van der Waals surface area contributed by atoms with E-state index in [1.165, 1.54) is 7.11 Å². The van der Waals surface area contributed by atoms with Gasteiger partial charge in [0.25, 0.3) is 0 Å². The van der Waals surface area contributed by atoms with Crippen LogP contribution in [0.3, 0.4) is 0 Å². The Labute approximate surface area is 161 Å². The molecule has 2 aromatic rings. The van der Waals surface area contributed by atoms with Crippen molar-refractivity contribution in [2.45, 2.75) is 32.9 Å². The number of hydrogen-bond acceptors (Lipinski definition) is 4. The van der Waals surface area contributed by atoms with E-state index >= 15 is 0 Å². The van der Waals surface area contributed by atoms with Crippen molar-refractivity contribution >= 4 is 11.7 Å². The molecule has 0 aromatic heterocycles. The predicted octanol–water partition coefficient (Wildman–Crippen LogP) is 4.78. The highest BCUT2D eigenvalue weighted by atomic mass is 16.6. The van der Waals surface area contributed by atoms with Crippen molar-refractivity contribution in [3.63, 3.8) is 0 Å². The van der Waals surface area contributed by atoms with Crippen LogP contribution in [0.1, 0.15) is 36.7 Å². The summed E-state index contributed by atoms with van der Waals surface area (Å²) < 4.78 is 10.6. The number of nitrogens with zero attached hydrogens (tertiary/aromatic N) is 1. The van der Waals surface area contributed by atoms with Gasteiger partial charge in [-0.3, -0.25) is 4.48 Å². The summed E-state index contributed by atoms with van der Waals surface area (Å²) in [6, 6.07) is 17.1. The third-order valence-electron chi connectivity index (χ3n) is 4.04. The molecule has 0 bridgehead atoms. The topological polar surface area (TPSA) is 55.8 Å². The van der Waals surface area contributed by atoms with Gasteiger partial charge in [-0.25, -0.2) is 4.79 Å². The van der Waals surface area contributed by atoms with Crippen LogP contribution < -0.4 is 4.48 Å². The van der Waals surface area contributed by atoms with Crippen LogP contribution in [-0.4, -0.2) is 30.8 Å². The maximum Gasteiger partial charge on any atom is 0.337 e. The number of rotatable bonds is 6. The van der Waals surface area contributed by atoms with Gasteiger partial charge in [-0.15, -0.1) is 0 Å². The molecule has 5 nitrogen and oxygen atoms in total. The summed E-state index contributed by atoms with van der Waals surface area (Å²) in [5, 5.41) is 10.4. The van der Waals surface area contributed by atoms with Crippen LogP contribution in [0.4, 0.5) is 5.69 Å². The molecule has 0 fully saturated rings. The molecule has 0 amide bonds. The number of carbonyl (C=O) groups excluding carboxylic acids is 1. The highest BCUT2D eigenvalue weighted by Crippen LogP contribution is 2.27. The van der Waals surface area contributed by atoms with E-state index in [0.717, 1.165) is 11.3 Å². The van der Waals surface area contributed by atoms with Gasteiger partial charge in [0, 0.05) is 5.56 Å². The number of ether oxygens (including phenoxy) is 2. The first-order valence-corrected chi connectivity index (χ1v) is 8.82. The monoisotopic (exact) mass is 370 g/mol. The summed E-state index contributed by atoms with van der Waals surface area (Å²) in [5.41, 5.74) is 2.02. The zero-order valence-electron chi connectivity index (χ0n) is 16.6. The fourth-order valence-electron chi connectivity index (χ4n) is 2.81. The van der Waals surface area contributed by atoms with Gasteiger partial charge in [-0.2, -0.15) is 0 Å². The lowest BCUT2D eigenvalue weighted by Gasteiger charge is -2.31. The highest BCUT2D eigenvalue weighted by Gasteiger charge is 2.27. The quantitative estimate of drug-likeness (QED) is 0.452. The predicted molar refractivity (Wildman–Crippen MR) is 107 cm³/mol. The fourth-order valence-corrected chi connectivity index (χ4v) is 2.81. The SMILES string of the molecule is COC(=O)c1ccc(C[N+](C)(/C=C(\O)OC(C)(C)C)c2ccccc2)cc1. The Kier molecular flexibility index (Phi) is 6.28. The fraction of sp³-hybridized carbons (Fsp3) is 0.318. The average molecular weight is 370 g/mol. The van der Waals surface area contributed by atoms with Crippen molar-refractivity contribution in [3.8, 4) is 0 Å². The van der Waals surface area contributed by atoms with E-state index in [9.17, 15) is 9.90 Å². The maximum atomic E-state index is 11.6. The molecule has 0 aliphatic carbocycles. The number of aliphatic hydroxyl groups is 1. The van der Waals surface area contributed by atoms with Crippen molar-refractivity contribution in [2.24, 2.45) is 0 Å². The number of quaternary nitrogens is 1. The summed E-state index contributed by atoms with van der Waals surface area (Å²) in [6.07, 6.45) is 1.69. The number of esters is 1. The third-order valence-corrected chi connectivity index (χ3v) is 4.04. The maximum absolute atomic E-state index is 11.6. The van der Waals surface area contributed by atoms with E-state index in [2.05, 4.69) is 0 Å². The second-order valence-corrected chi connectivity index (χ2v) is 7.63. The molecular formula is C22H28NO4+. The summed E-state index contributed by atoms with van der Waals surface area (Å²) in [6.45, 7) is 6.23. The van der Waals surface area contributed by atoms with E-state index < -0.39 is 5.60 Å². The highest BCUT2D eigenvalue weighted by molar-refractivity contribution is 5.89. The molecule has 0 aliphatic rings. The Hall–Kier alpha value is -2.79. The van der Waals surface area contributed by atoms with Gasteiger partial charge in [-0.05, 0) is 45.0 Å². The van der Waals surface area contributed by atoms with Gasteiger partial charge in [0.15, 0.2) is 6.20 Å². The Morgan fingerprint density at radius 2 is 1.67 bits per heavy atom. The number of hydrogen-bond donors (Lipinski definition) is 1. The lowest BCUT2D eigenvalue weighted by atomic mass is 10.1. The Balaban J connectivity index is 2.36. The van der Waals surface area contributed by atoms with Crippen molar-refractivity contribution in [1.82, 2.24) is 4.48 Å². The van der Waals surface area contributed by atoms with Crippen LogP contribution in [0, 0.1) is 0 Å². The van der Waals surface area contributed by atoms with Crippen LogP contribution in [0.2, 0.25) is 0 Å². The zero-order chi connectivity index (χ0) is 20.1. The molecule has 0 saturated carbocycles. The lowest BCUT2D eigenvalue weighted by Crippen LogP contribution is -2.39. The molecule has 0 spiro atoms. The van der Waals surface area contributed by atoms with E-state index in [1.807, 2.05) is 70.3 Å². The van der Waals surface area contributed by atoms with E-state index in [4.69, 9.17) is 9.47 Å². The second kappa shape index (κ2) is 8.27. The van der Waals surface area contributed by atoms with Gasteiger partial charge in [0.05, 0.1) is 19.7 Å². The zero-order valence-corrected chi connectivity index (χ0v) is 16.6. The molecular weight excluding hydrogens is 342 g/mol. The van der Waals surface area contributed by atoms with E-state index in [1.54, 1.807) is 18.3 Å². The number of benzene rings is 2. The molecule has 1 unspecified atom stereocenters. The molecule has 0 heterocycles. The molecule has 144 valence electrons. The van der Waals surface area contributed by atoms with Gasteiger partial charge in [0.1, 0.15) is 17.8 Å². The van der Waals surface area contributed by atoms with Crippen LogP contribution in [0.25, 0.3) is 0 Å². The number of carbonyl (C=O) groups is 1. The van der Waals surface area contributed by atoms with Gasteiger partial charge >= 0.3 is 11.9 Å². The molecule has 0 aliphatic heterocycles. The van der Waals surface area contributed by atoms with Crippen LogP contribution in [-0.2, 0) is 16.0 Å². The first kappa shape index (κ1) is 20.5. The minimum atomic E-state index is -0.496. The van der Waals surface area contributed by atoms with Crippen LogP contribution in [0.15, 0.2) is 66.7 Å². The molecule has 5 heteroatoms. The molecule has 2 aromatic carbocycles. The molecule has 1 N–H and O–H groups in total. The van der Waals surface area contributed by atoms with Gasteiger partial charge in [-0.1, -0.05) is 30.3 Å². The Morgan fingerprint density at radius 1 is 1.07 bits per heavy atom.